The zero-order valence-electron chi connectivity index (χ0n) is 19.7. The van der Waals surface area contributed by atoms with E-state index in [1.165, 1.54) is 10.4 Å². The number of nitrogens with zero attached hydrogens (tertiary/aromatic N) is 4. The molecule has 36 heavy (non-hydrogen) atoms. The van der Waals surface area contributed by atoms with Crippen LogP contribution in [0.1, 0.15) is 0 Å². The molecule has 5 aromatic heterocycles. The third kappa shape index (κ3) is 4.15. The summed E-state index contributed by atoms with van der Waals surface area (Å²) in [7, 11) is 3.71. The molecule has 6 rings (SSSR count). The number of H-pyrrole nitrogens is 2. The molecule has 0 fully saturated rings. The number of carbonyl (C=O) groups is 1. The standard InChI is InChI=1S/C27H23N7OS/c1-34(2)15-25(35)29-17-11-16(13-28-14-17)20-8-9-22-26(31-20)27(33-32-22)23-12-19-18(24-7-4-10-36-24)5-3-6-21(19)30-23/h3-14,30H,15H2,1-2H3,(H,29,35)(H,32,33). The Morgan fingerprint density at radius 2 is 1.97 bits per heavy atom. The summed E-state index contributed by atoms with van der Waals surface area (Å²) in [4.78, 5) is 28.0. The lowest BCUT2D eigenvalue weighted by Gasteiger charge is -2.10. The predicted molar refractivity (Wildman–Crippen MR) is 145 cm³/mol. The van der Waals surface area contributed by atoms with E-state index in [1.54, 1.807) is 23.7 Å². The molecule has 0 spiro atoms. The topological polar surface area (TPSA) is 103 Å². The highest BCUT2D eigenvalue weighted by atomic mass is 32.1. The normalized spacial score (nSPS) is 11.5. The maximum absolute atomic E-state index is 12.2. The van der Waals surface area contributed by atoms with Gasteiger partial charge in [-0.3, -0.25) is 14.9 Å². The van der Waals surface area contributed by atoms with Gasteiger partial charge in [-0.25, -0.2) is 4.98 Å². The number of hydrogen-bond donors (Lipinski definition) is 3. The Morgan fingerprint density at radius 3 is 2.81 bits per heavy atom. The first kappa shape index (κ1) is 22.1. The third-order valence-corrected chi connectivity index (χ3v) is 6.79. The lowest BCUT2D eigenvalue weighted by atomic mass is 10.1. The van der Waals surface area contributed by atoms with Gasteiger partial charge in [0.05, 0.1) is 35.3 Å². The van der Waals surface area contributed by atoms with E-state index in [1.807, 2.05) is 37.2 Å². The van der Waals surface area contributed by atoms with Crippen molar-refractivity contribution in [3.05, 3.63) is 72.4 Å². The first-order valence-corrected chi connectivity index (χ1v) is 12.3. The fraction of sp³-hybridized carbons (Fsp3) is 0.111. The van der Waals surface area contributed by atoms with E-state index < -0.39 is 0 Å². The lowest BCUT2D eigenvalue weighted by Crippen LogP contribution is -2.27. The second kappa shape index (κ2) is 9.03. The number of nitrogens with one attached hydrogen (secondary N) is 3. The highest BCUT2D eigenvalue weighted by molar-refractivity contribution is 7.13. The second-order valence-electron chi connectivity index (χ2n) is 8.84. The fourth-order valence-corrected chi connectivity index (χ4v) is 5.08. The van der Waals surface area contributed by atoms with Gasteiger partial charge in [0, 0.05) is 33.1 Å². The van der Waals surface area contributed by atoms with Crippen LogP contribution in [0.2, 0.25) is 0 Å². The number of anilines is 1. The van der Waals surface area contributed by atoms with Crippen molar-refractivity contribution in [2.24, 2.45) is 0 Å². The second-order valence-corrected chi connectivity index (χ2v) is 9.79. The average molecular weight is 494 g/mol. The van der Waals surface area contributed by atoms with Crippen LogP contribution in [0.4, 0.5) is 5.69 Å². The number of likely N-dealkylation sites (N-methyl/N-ethyl adjacent to an activating group) is 1. The minimum Gasteiger partial charge on any atom is -0.353 e. The summed E-state index contributed by atoms with van der Waals surface area (Å²) >= 11 is 1.72. The van der Waals surface area contributed by atoms with Gasteiger partial charge in [-0.1, -0.05) is 18.2 Å². The third-order valence-electron chi connectivity index (χ3n) is 5.89. The molecule has 3 N–H and O–H groups in total. The van der Waals surface area contributed by atoms with Gasteiger partial charge in [-0.15, -0.1) is 11.3 Å². The quantitative estimate of drug-likeness (QED) is 0.288. The molecule has 0 saturated carbocycles. The average Bonchev–Trinajstić information content (AvgIpc) is 3.62. The Bertz CT molecular complexity index is 1700. The van der Waals surface area contributed by atoms with Crippen molar-refractivity contribution in [2.45, 2.75) is 0 Å². The summed E-state index contributed by atoms with van der Waals surface area (Å²) in [6, 6.07) is 18.4. The molecule has 8 nitrogen and oxygen atoms in total. The highest BCUT2D eigenvalue weighted by Crippen LogP contribution is 2.35. The molecule has 0 unspecified atom stereocenters. The van der Waals surface area contributed by atoms with E-state index in [-0.39, 0.29) is 5.91 Å². The number of rotatable bonds is 6. The first-order chi connectivity index (χ1) is 17.5. The Balaban J connectivity index is 1.38. The number of thiophene rings is 1. The molecule has 0 radical (unpaired) electrons. The van der Waals surface area contributed by atoms with Gasteiger partial charge in [-0.05, 0) is 55.9 Å². The van der Waals surface area contributed by atoms with Crippen molar-refractivity contribution >= 4 is 44.9 Å². The van der Waals surface area contributed by atoms with Crippen LogP contribution in [0.15, 0.2) is 72.4 Å². The SMILES string of the molecule is CN(C)CC(=O)Nc1cncc(-c2ccc3[nH]nc(-c4cc5c(-c6cccs6)cccc5[nH]4)c3n2)c1. The van der Waals surface area contributed by atoms with Crippen LogP contribution in [0, 0.1) is 0 Å². The van der Waals surface area contributed by atoms with Crippen molar-refractivity contribution in [3.63, 3.8) is 0 Å². The van der Waals surface area contributed by atoms with E-state index in [0.717, 1.165) is 44.6 Å². The predicted octanol–water partition coefficient (Wildman–Crippen LogP) is 5.40. The van der Waals surface area contributed by atoms with Crippen LogP contribution < -0.4 is 5.32 Å². The van der Waals surface area contributed by atoms with Crippen molar-refractivity contribution in [2.75, 3.05) is 26.0 Å². The molecular weight excluding hydrogens is 470 g/mol. The van der Waals surface area contributed by atoms with Crippen LogP contribution in [0.5, 0.6) is 0 Å². The van der Waals surface area contributed by atoms with Crippen LogP contribution in [-0.4, -0.2) is 56.6 Å². The van der Waals surface area contributed by atoms with E-state index in [2.05, 4.69) is 67.3 Å². The van der Waals surface area contributed by atoms with Gasteiger partial charge >= 0.3 is 0 Å². The van der Waals surface area contributed by atoms with E-state index in [4.69, 9.17) is 4.98 Å². The highest BCUT2D eigenvalue weighted by Gasteiger charge is 2.16. The van der Waals surface area contributed by atoms with Gasteiger partial charge < -0.3 is 15.2 Å². The molecule has 1 aromatic carbocycles. The number of carbonyl (C=O) groups excluding carboxylic acids is 1. The number of pyridine rings is 2. The molecule has 9 heteroatoms. The molecule has 178 valence electrons. The lowest BCUT2D eigenvalue weighted by molar-refractivity contribution is -0.116. The Morgan fingerprint density at radius 1 is 1.06 bits per heavy atom. The van der Waals surface area contributed by atoms with Gasteiger partial charge in [0.2, 0.25) is 5.91 Å². The number of aromatic nitrogens is 5. The maximum Gasteiger partial charge on any atom is 0.238 e. The maximum atomic E-state index is 12.2. The van der Waals surface area contributed by atoms with Crippen LogP contribution >= 0.6 is 11.3 Å². The van der Waals surface area contributed by atoms with Crippen molar-refractivity contribution in [1.82, 2.24) is 30.0 Å². The number of amides is 1. The molecule has 0 aliphatic carbocycles. The Hall–Kier alpha value is -4.34. The zero-order valence-corrected chi connectivity index (χ0v) is 20.6. The molecule has 5 heterocycles. The Labute approximate surface area is 211 Å². The van der Waals surface area contributed by atoms with E-state index in [9.17, 15) is 4.79 Å². The first-order valence-electron chi connectivity index (χ1n) is 11.5. The van der Waals surface area contributed by atoms with Gasteiger partial charge in [-0.2, -0.15) is 5.10 Å². The molecule has 1 amide bonds. The van der Waals surface area contributed by atoms with Crippen molar-refractivity contribution in [1.29, 1.82) is 0 Å². The fourth-order valence-electron chi connectivity index (χ4n) is 4.31. The number of fused-ring (bicyclic) bond motifs is 2. The minimum atomic E-state index is -0.0970. The van der Waals surface area contributed by atoms with Crippen molar-refractivity contribution < 1.29 is 4.79 Å². The number of aromatic amines is 2. The summed E-state index contributed by atoms with van der Waals surface area (Å²) in [6.07, 6.45) is 3.38. The van der Waals surface area contributed by atoms with Crippen molar-refractivity contribution in [3.8, 4) is 33.1 Å². The monoisotopic (exact) mass is 493 g/mol. The van der Waals surface area contributed by atoms with Gasteiger partial charge in [0.15, 0.2) is 0 Å². The molecule has 0 aliphatic heterocycles. The zero-order chi connectivity index (χ0) is 24.6. The molecule has 0 bridgehead atoms. The molecule has 6 aromatic rings. The van der Waals surface area contributed by atoms with E-state index in [0.29, 0.717) is 12.2 Å². The summed E-state index contributed by atoms with van der Waals surface area (Å²) in [5, 5.41) is 13.8. The van der Waals surface area contributed by atoms with Crippen LogP contribution in [-0.2, 0) is 4.79 Å². The molecular formula is C27H23N7OS. The smallest absolute Gasteiger partial charge is 0.238 e. The Kier molecular flexibility index (Phi) is 5.55. The van der Waals surface area contributed by atoms with Gasteiger partial charge in [0.25, 0.3) is 0 Å². The summed E-state index contributed by atoms with van der Waals surface area (Å²) in [5.41, 5.74) is 7.68. The molecule has 0 saturated heterocycles. The summed E-state index contributed by atoms with van der Waals surface area (Å²) in [5.74, 6) is -0.0970. The van der Waals surface area contributed by atoms with Gasteiger partial charge in [0.1, 0.15) is 11.2 Å². The molecule has 0 atom stereocenters. The number of benzene rings is 1. The number of hydrogen-bond acceptors (Lipinski definition) is 6. The summed E-state index contributed by atoms with van der Waals surface area (Å²) < 4.78 is 0. The molecule has 0 aliphatic rings. The summed E-state index contributed by atoms with van der Waals surface area (Å²) in [6.45, 7) is 0.297. The largest absolute Gasteiger partial charge is 0.353 e. The van der Waals surface area contributed by atoms with E-state index >= 15 is 0 Å². The van der Waals surface area contributed by atoms with Crippen LogP contribution in [0.3, 0.4) is 0 Å². The van der Waals surface area contributed by atoms with Crippen LogP contribution in [0.25, 0.3) is 55.0 Å². The minimum absolute atomic E-state index is 0.0970.